The molecular formula is C37H62N2O10. The number of esters is 1. The van der Waals surface area contributed by atoms with Gasteiger partial charge in [-0.3, -0.25) is 9.69 Å². The van der Waals surface area contributed by atoms with E-state index >= 15 is 0 Å². The number of carbonyl (C=O) groups is 2. The third-order valence-corrected chi connectivity index (χ3v) is 10.2. The number of likely N-dealkylation sites (N-methyl/N-ethyl adjacent to an activating group) is 1. The number of aliphatic hydroxyl groups excluding tert-OH is 2. The second-order valence-corrected chi connectivity index (χ2v) is 14.6. The van der Waals surface area contributed by atoms with E-state index in [9.17, 15) is 24.9 Å². The molecule has 0 spiro atoms. The third kappa shape index (κ3) is 12.7. The first-order valence-electron chi connectivity index (χ1n) is 17.8. The quantitative estimate of drug-likeness (QED) is 0.112. The maximum Gasteiger partial charge on any atom is 0.410 e. The lowest BCUT2D eigenvalue weighted by molar-refractivity contribution is -0.151. The molecule has 10 atom stereocenters. The fourth-order valence-electron chi connectivity index (χ4n) is 6.41. The summed E-state index contributed by atoms with van der Waals surface area (Å²) in [6.45, 7) is 15.4. The lowest BCUT2D eigenvalue weighted by Gasteiger charge is -2.36. The lowest BCUT2D eigenvalue weighted by Crippen LogP contribution is -2.47. The molecule has 3 aliphatic heterocycles. The Morgan fingerprint density at radius 1 is 1.29 bits per heavy atom. The molecule has 12 nitrogen and oxygen atoms in total. The van der Waals surface area contributed by atoms with Gasteiger partial charge in [0, 0.05) is 58.6 Å². The standard InChI is InChI=1S/C37H62N2O10/c1-9-29(41)27(4)34-30(47-34)24-36(5,44)15-10-11-25(2)33-26(3)12-13-31(37(6,45-8)16-14-28(40)23-32(42)49-33)48-35(43)38(7)17-18-39-19-21-46-22-20-39/h10-13,15,26-31,33-34,40-41,44H,9,14,16-24H2,1-8H3/b13-12+,15-10+,25-11+. The van der Waals surface area contributed by atoms with Crippen molar-refractivity contribution < 1.29 is 48.6 Å². The number of morpholine rings is 1. The smallest absolute Gasteiger partial charge is 0.410 e. The van der Waals surface area contributed by atoms with Gasteiger partial charge in [-0.2, -0.15) is 0 Å². The van der Waals surface area contributed by atoms with Gasteiger partial charge in [0.1, 0.15) is 11.7 Å². The van der Waals surface area contributed by atoms with Gasteiger partial charge in [0.25, 0.3) is 0 Å². The number of ether oxygens (including phenoxy) is 5. The van der Waals surface area contributed by atoms with Crippen molar-refractivity contribution in [2.45, 2.75) is 121 Å². The van der Waals surface area contributed by atoms with Crippen molar-refractivity contribution in [3.05, 3.63) is 36.0 Å². The summed E-state index contributed by atoms with van der Waals surface area (Å²) in [6, 6.07) is 0. The fourth-order valence-corrected chi connectivity index (χ4v) is 6.41. The van der Waals surface area contributed by atoms with Gasteiger partial charge < -0.3 is 43.9 Å². The van der Waals surface area contributed by atoms with Crippen molar-refractivity contribution in [2.24, 2.45) is 11.8 Å². The number of nitrogens with zero attached hydrogens (tertiary/aromatic N) is 2. The zero-order valence-corrected chi connectivity index (χ0v) is 30.9. The minimum atomic E-state index is -1.15. The molecule has 0 saturated carbocycles. The number of allylic oxidation sites excluding steroid dienone is 2. The minimum absolute atomic E-state index is 0.00750. The lowest BCUT2D eigenvalue weighted by atomic mass is 9.88. The molecule has 12 heteroatoms. The van der Waals surface area contributed by atoms with Crippen LogP contribution in [0.3, 0.4) is 0 Å². The van der Waals surface area contributed by atoms with Gasteiger partial charge in [-0.15, -0.1) is 0 Å². The molecule has 49 heavy (non-hydrogen) atoms. The summed E-state index contributed by atoms with van der Waals surface area (Å²) in [5.74, 6) is -0.864. The molecular weight excluding hydrogens is 632 g/mol. The number of hydrogen-bond donors (Lipinski definition) is 3. The van der Waals surface area contributed by atoms with Crippen LogP contribution >= 0.6 is 0 Å². The highest BCUT2D eigenvalue weighted by atomic mass is 16.6. The summed E-state index contributed by atoms with van der Waals surface area (Å²) in [4.78, 5) is 30.0. The normalized spacial score (nSPS) is 33.8. The summed E-state index contributed by atoms with van der Waals surface area (Å²) >= 11 is 0. The van der Waals surface area contributed by atoms with Gasteiger partial charge in [-0.25, -0.2) is 4.79 Å². The molecule has 0 aliphatic carbocycles. The van der Waals surface area contributed by atoms with Gasteiger partial charge in [0.15, 0.2) is 6.10 Å². The summed E-state index contributed by atoms with van der Waals surface area (Å²) in [5, 5.41) is 32.0. The highest BCUT2D eigenvalue weighted by molar-refractivity contribution is 5.70. The molecule has 0 aromatic carbocycles. The van der Waals surface area contributed by atoms with Crippen LogP contribution in [0.4, 0.5) is 4.79 Å². The number of epoxide rings is 1. The van der Waals surface area contributed by atoms with Crippen LogP contribution in [0.25, 0.3) is 0 Å². The Kier molecular flexibility index (Phi) is 15.8. The maximum atomic E-state index is 13.3. The van der Waals surface area contributed by atoms with Crippen LogP contribution in [0.5, 0.6) is 0 Å². The second-order valence-electron chi connectivity index (χ2n) is 14.6. The van der Waals surface area contributed by atoms with Crippen molar-refractivity contribution in [1.82, 2.24) is 9.80 Å². The van der Waals surface area contributed by atoms with E-state index in [4.69, 9.17) is 23.7 Å². The number of methoxy groups -OCH3 is 1. The number of rotatable bonds is 13. The number of carbonyl (C=O) groups excluding carboxylic acids is 2. The molecule has 3 rings (SSSR count). The van der Waals surface area contributed by atoms with Crippen LogP contribution in [0.1, 0.15) is 73.6 Å². The largest absolute Gasteiger partial charge is 0.457 e. The van der Waals surface area contributed by atoms with Crippen LogP contribution in [0, 0.1) is 11.8 Å². The summed E-state index contributed by atoms with van der Waals surface area (Å²) in [7, 11) is 3.26. The van der Waals surface area contributed by atoms with E-state index in [0.29, 0.717) is 45.6 Å². The average molecular weight is 695 g/mol. The first kappa shape index (κ1) is 41.1. The van der Waals surface area contributed by atoms with Crippen molar-refractivity contribution in [3.8, 4) is 0 Å². The third-order valence-electron chi connectivity index (χ3n) is 10.2. The average Bonchev–Trinajstić information content (AvgIpc) is 3.83. The molecule has 2 saturated heterocycles. The van der Waals surface area contributed by atoms with Crippen molar-refractivity contribution >= 4 is 12.1 Å². The van der Waals surface area contributed by atoms with E-state index < -0.39 is 47.7 Å². The van der Waals surface area contributed by atoms with Crippen LogP contribution in [-0.2, 0) is 28.5 Å². The highest BCUT2D eigenvalue weighted by Gasteiger charge is 2.47. The number of aliphatic hydroxyl groups is 3. The molecule has 0 radical (unpaired) electrons. The first-order valence-corrected chi connectivity index (χ1v) is 17.8. The van der Waals surface area contributed by atoms with Crippen molar-refractivity contribution in [3.63, 3.8) is 0 Å². The van der Waals surface area contributed by atoms with Gasteiger partial charge >= 0.3 is 12.1 Å². The van der Waals surface area contributed by atoms with E-state index in [1.807, 2.05) is 40.7 Å². The van der Waals surface area contributed by atoms with Gasteiger partial charge in [0.2, 0.25) is 0 Å². The van der Waals surface area contributed by atoms with Gasteiger partial charge in [-0.1, -0.05) is 45.1 Å². The molecule has 0 bridgehead atoms. The van der Waals surface area contributed by atoms with Crippen LogP contribution in [0.2, 0.25) is 0 Å². The van der Waals surface area contributed by atoms with Crippen molar-refractivity contribution in [2.75, 3.05) is 53.6 Å². The Hall–Kier alpha value is -2.32. The Morgan fingerprint density at radius 2 is 1.98 bits per heavy atom. The van der Waals surface area contributed by atoms with Crippen LogP contribution in [-0.4, -0.2) is 139 Å². The Bertz CT molecular complexity index is 1150. The van der Waals surface area contributed by atoms with E-state index in [1.165, 1.54) is 0 Å². The molecule has 2 fully saturated rings. The molecule has 10 unspecified atom stereocenters. The summed E-state index contributed by atoms with van der Waals surface area (Å²) in [6.07, 6.45) is 6.74. The van der Waals surface area contributed by atoms with E-state index in [1.54, 1.807) is 50.3 Å². The topological polar surface area (TPSA) is 151 Å². The molecule has 0 aromatic rings. The SMILES string of the molecule is CCC(O)C(C)C1OC1CC(C)(O)/C=C/C=C(\C)C1OC(=O)CC(O)CCC(C)(OC)C(OC(=O)N(C)CCN2CCOCC2)/C=C/C1C. The van der Waals surface area contributed by atoms with Gasteiger partial charge in [0.05, 0.1) is 49.7 Å². The van der Waals surface area contributed by atoms with E-state index in [2.05, 4.69) is 4.90 Å². The van der Waals surface area contributed by atoms with E-state index in [0.717, 1.165) is 18.7 Å². The Balaban J connectivity index is 1.74. The van der Waals surface area contributed by atoms with Gasteiger partial charge in [-0.05, 0) is 51.7 Å². The predicted octanol–water partition coefficient (Wildman–Crippen LogP) is 3.63. The van der Waals surface area contributed by atoms with Crippen LogP contribution in [0.15, 0.2) is 36.0 Å². The van der Waals surface area contributed by atoms with Crippen LogP contribution < -0.4 is 0 Å². The zero-order valence-electron chi connectivity index (χ0n) is 30.9. The Morgan fingerprint density at radius 3 is 2.63 bits per heavy atom. The highest BCUT2D eigenvalue weighted by Crippen LogP contribution is 2.37. The number of hydrogen-bond acceptors (Lipinski definition) is 11. The predicted molar refractivity (Wildman–Crippen MR) is 186 cm³/mol. The summed E-state index contributed by atoms with van der Waals surface area (Å²) < 4.78 is 29.0. The monoisotopic (exact) mass is 694 g/mol. The zero-order chi connectivity index (χ0) is 36.4. The molecule has 3 N–H and O–H groups in total. The fraction of sp³-hybridized carbons (Fsp3) is 0.784. The molecule has 3 heterocycles. The van der Waals surface area contributed by atoms with Crippen molar-refractivity contribution in [1.29, 1.82) is 0 Å². The van der Waals surface area contributed by atoms with E-state index in [-0.39, 0.29) is 36.9 Å². The summed E-state index contributed by atoms with van der Waals surface area (Å²) in [5.41, 5.74) is -1.38. The Labute approximate surface area is 293 Å². The first-order chi connectivity index (χ1) is 23.1. The second kappa shape index (κ2) is 18.8. The maximum absolute atomic E-state index is 13.3. The minimum Gasteiger partial charge on any atom is -0.457 e. The number of cyclic esters (lactones) is 1. The molecule has 280 valence electrons. The molecule has 3 aliphatic rings. The molecule has 0 aromatic heterocycles. The molecule has 1 amide bonds. The number of amides is 1.